The van der Waals surface area contributed by atoms with Gasteiger partial charge in [0.1, 0.15) is 65.0 Å². The molecule has 0 saturated carbocycles. The van der Waals surface area contributed by atoms with Crippen LogP contribution in [-0.4, -0.2) is 81.0 Å². The first-order valence-electron chi connectivity index (χ1n) is 13.2. The summed E-state index contributed by atoms with van der Waals surface area (Å²) in [5.74, 6) is -1.24. The number of fused-ring (bicyclic) bond motifs is 1. The molecule has 1 aromatic heterocycles. The lowest BCUT2D eigenvalue weighted by Crippen LogP contribution is -2.60. The second-order valence-corrected chi connectivity index (χ2v) is 9.86. The number of phenols is 3. The predicted molar refractivity (Wildman–Crippen MR) is 153 cm³/mol. The molecular weight excluding hydrogens is 580 g/mol. The second kappa shape index (κ2) is 12.7. The fourth-order valence-electron chi connectivity index (χ4n) is 4.53. The van der Waals surface area contributed by atoms with Crippen molar-refractivity contribution in [1.82, 2.24) is 0 Å². The van der Waals surface area contributed by atoms with E-state index < -0.39 is 54.5 Å². The van der Waals surface area contributed by atoms with Gasteiger partial charge >= 0.3 is 5.97 Å². The number of rotatable bonds is 8. The maximum atomic E-state index is 12.8. The minimum Gasteiger partial charge on any atom is -0.508 e. The molecule has 1 aliphatic heterocycles. The van der Waals surface area contributed by atoms with Gasteiger partial charge in [-0.15, -0.1) is 0 Å². The van der Waals surface area contributed by atoms with Crippen molar-refractivity contribution in [3.8, 4) is 40.1 Å². The normalized spacial score (nSPS) is 21.8. The SMILES string of the molecule is COc1cc(-c2cc(=O)c3c(O)cc(OC4OC(COC(=O)C=Cc5ccc(O)cc5)C(O)C(O)C4O)cc3o2)ccc1O. The first kappa shape index (κ1) is 30.4. The number of aliphatic hydroxyl groups excluding tert-OH is 3. The van der Waals surface area contributed by atoms with E-state index in [1.807, 2.05) is 0 Å². The highest BCUT2D eigenvalue weighted by Crippen LogP contribution is 2.35. The summed E-state index contributed by atoms with van der Waals surface area (Å²) in [4.78, 5) is 25.0. The molecule has 1 fully saturated rings. The summed E-state index contributed by atoms with van der Waals surface area (Å²) in [6, 6.07) is 13.8. The van der Waals surface area contributed by atoms with E-state index in [-0.39, 0.29) is 39.7 Å². The Hall–Kier alpha value is -5.08. The molecule has 0 spiro atoms. The number of aromatic hydroxyl groups is 3. The fourth-order valence-corrected chi connectivity index (χ4v) is 4.53. The average Bonchev–Trinajstić information content (AvgIpc) is 3.00. The molecule has 3 aromatic carbocycles. The van der Waals surface area contributed by atoms with Gasteiger partial charge in [-0.1, -0.05) is 12.1 Å². The summed E-state index contributed by atoms with van der Waals surface area (Å²) >= 11 is 0. The molecule has 230 valence electrons. The molecule has 2 heterocycles. The average molecular weight is 609 g/mol. The number of esters is 1. The van der Waals surface area contributed by atoms with Crippen molar-refractivity contribution in [2.75, 3.05) is 13.7 Å². The van der Waals surface area contributed by atoms with E-state index in [0.717, 1.165) is 18.2 Å². The molecule has 6 N–H and O–H groups in total. The lowest BCUT2D eigenvalue weighted by Gasteiger charge is -2.39. The van der Waals surface area contributed by atoms with Gasteiger partial charge in [0.05, 0.1) is 7.11 Å². The van der Waals surface area contributed by atoms with Crippen LogP contribution in [0.4, 0.5) is 0 Å². The number of phenolic OH excluding ortho intramolecular Hbond substituents is 3. The van der Waals surface area contributed by atoms with Gasteiger partial charge in [-0.05, 0) is 42.0 Å². The monoisotopic (exact) mass is 608 g/mol. The van der Waals surface area contributed by atoms with Gasteiger partial charge in [0.15, 0.2) is 16.9 Å². The van der Waals surface area contributed by atoms with E-state index in [1.165, 1.54) is 49.6 Å². The van der Waals surface area contributed by atoms with Crippen LogP contribution < -0.4 is 14.9 Å². The van der Waals surface area contributed by atoms with E-state index in [9.17, 15) is 40.2 Å². The van der Waals surface area contributed by atoms with Crippen LogP contribution in [0, 0.1) is 0 Å². The number of methoxy groups -OCH3 is 1. The molecule has 0 amide bonds. The van der Waals surface area contributed by atoms with E-state index >= 15 is 0 Å². The molecule has 1 aliphatic rings. The van der Waals surface area contributed by atoms with Crippen LogP contribution in [-0.2, 0) is 14.3 Å². The predicted octanol–water partition coefficient (Wildman–Crippen LogP) is 2.03. The minimum absolute atomic E-state index is 0.0639. The standard InChI is InChI=1S/C31H28O13/c1-40-23-10-16(5-8-19(23)33)22-13-21(35)27-20(34)11-18(12-24(27)43-22)42-31-30(39)29(38)28(37)25(44-31)14-41-26(36)9-4-15-2-6-17(32)7-3-15/h2-13,25,28-34,37-39H,14H2,1H3. The third-order valence-electron chi connectivity index (χ3n) is 6.86. The molecule has 5 unspecified atom stereocenters. The maximum Gasteiger partial charge on any atom is 0.330 e. The third kappa shape index (κ3) is 6.45. The van der Waals surface area contributed by atoms with Gasteiger partial charge < -0.3 is 54.0 Å². The van der Waals surface area contributed by atoms with Crippen LogP contribution in [0.15, 0.2) is 76.0 Å². The molecule has 13 heteroatoms. The highest BCUT2D eigenvalue weighted by molar-refractivity contribution is 5.87. The van der Waals surface area contributed by atoms with Crippen LogP contribution >= 0.6 is 0 Å². The first-order valence-corrected chi connectivity index (χ1v) is 13.2. The molecule has 0 radical (unpaired) electrons. The van der Waals surface area contributed by atoms with Crippen molar-refractivity contribution >= 4 is 23.0 Å². The summed E-state index contributed by atoms with van der Waals surface area (Å²) < 4.78 is 27.3. The number of ether oxygens (including phenoxy) is 4. The smallest absolute Gasteiger partial charge is 0.330 e. The van der Waals surface area contributed by atoms with Gasteiger partial charge in [-0.25, -0.2) is 4.79 Å². The van der Waals surface area contributed by atoms with E-state index in [4.69, 9.17) is 23.4 Å². The van der Waals surface area contributed by atoms with Crippen molar-refractivity contribution in [3.05, 3.63) is 82.5 Å². The van der Waals surface area contributed by atoms with E-state index in [2.05, 4.69) is 0 Å². The first-order chi connectivity index (χ1) is 21.0. The van der Waals surface area contributed by atoms with Gasteiger partial charge in [0.25, 0.3) is 0 Å². The molecule has 1 saturated heterocycles. The number of benzene rings is 3. The molecule has 13 nitrogen and oxygen atoms in total. The Morgan fingerprint density at radius 3 is 2.39 bits per heavy atom. The van der Waals surface area contributed by atoms with Crippen molar-refractivity contribution in [3.63, 3.8) is 0 Å². The summed E-state index contributed by atoms with van der Waals surface area (Å²) in [5.41, 5.74) is 0.338. The highest BCUT2D eigenvalue weighted by Gasteiger charge is 2.45. The number of hydrogen-bond donors (Lipinski definition) is 6. The Labute approximate surface area is 249 Å². The molecular formula is C31H28O13. The molecule has 5 atom stereocenters. The zero-order valence-electron chi connectivity index (χ0n) is 23.1. The second-order valence-electron chi connectivity index (χ2n) is 9.86. The van der Waals surface area contributed by atoms with E-state index in [1.54, 1.807) is 12.1 Å². The number of carbonyl (C=O) groups is 1. The van der Waals surface area contributed by atoms with Crippen molar-refractivity contribution in [2.45, 2.75) is 30.7 Å². The summed E-state index contributed by atoms with van der Waals surface area (Å²) in [6.07, 6.45) is -5.51. The highest BCUT2D eigenvalue weighted by atomic mass is 16.7. The van der Waals surface area contributed by atoms with Gasteiger partial charge in [0, 0.05) is 29.8 Å². The number of hydrogen-bond acceptors (Lipinski definition) is 13. The summed E-state index contributed by atoms with van der Waals surface area (Å²) in [7, 11) is 1.36. The molecule has 44 heavy (non-hydrogen) atoms. The Kier molecular flexibility index (Phi) is 8.73. The zero-order chi connectivity index (χ0) is 31.5. The fraction of sp³-hybridized carbons (Fsp3) is 0.226. The summed E-state index contributed by atoms with van der Waals surface area (Å²) in [6.45, 7) is -0.513. The Bertz CT molecular complexity index is 1740. The quantitative estimate of drug-likeness (QED) is 0.125. The molecule has 0 aliphatic carbocycles. The van der Waals surface area contributed by atoms with Gasteiger partial charge in [-0.2, -0.15) is 0 Å². The van der Waals surface area contributed by atoms with Crippen LogP contribution in [0.1, 0.15) is 5.56 Å². The van der Waals surface area contributed by atoms with Gasteiger partial charge in [0.2, 0.25) is 6.29 Å². The van der Waals surface area contributed by atoms with Crippen molar-refractivity contribution < 1.29 is 58.8 Å². The number of aliphatic hydroxyl groups is 3. The zero-order valence-corrected chi connectivity index (χ0v) is 23.1. The van der Waals surface area contributed by atoms with Crippen molar-refractivity contribution in [2.24, 2.45) is 0 Å². The molecule has 0 bridgehead atoms. The topological polar surface area (TPSA) is 206 Å². The van der Waals surface area contributed by atoms with Crippen LogP contribution in [0.2, 0.25) is 0 Å². The van der Waals surface area contributed by atoms with Crippen LogP contribution in [0.5, 0.6) is 28.7 Å². The van der Waals surface area contributed by atoms with Crippen molar-refractivity contribution in [1.29, 1.82) is 0 Å². The Morgan fingerprint density at radius 1 is 0.909 bits per heavy atom. The molecule has 4 aromatic rings. The number of carbonyl (C=O) groups excluding carboxylic acids is 1. The Balaban J connectivity index is 1.33. The third-order valence-corrected chi connectivity index (χ3v) is 6.86. The van der Waals surface area contributed by atoms with Crippen LogP contribution in [0.25, 0.3) is 28.4 Å². The largest absolute Gasteiger partial charge is 0.508 e. The lowest BCUT2D eigenvalue weighted by molar-refractivity contribution is -0.278. The van der Waals surface area contributed by atoms with Crippen LogP contribution in [0.3, 0.4) is 0 Å². The lowest BCUT2D eigenvalue weighted by atomic mass is 9.99. The van der Waals surface area contributed by atoms with E-state index in [0.29, 0.717) is 11.1 Å². The maximum absolute atomic E-state index is 12.8. The van der Waals surface area contributed by atoms with Gasteiger partial charge in [-0.3, -0.25) is 4.79 Å². The Morgan fingerprint density at radius 2 is 1.66 bits per heavy atom. The minimum atomic E-state index is -1.76. The summed E-state index contributed by atoms with van der Waals surface area (Å²) in [5, 5.41) is 61.0. The molecule has 5 rings (SSSR count).